The predicted octanol–water partition coefficient (Wildman–Crippen LogP) is 3.10. The van der Waals surface area contributed by atoms with Gasteiger partial charge in [-0.1, -0.05) is 54.6 Å². The molecule has 124 valence electrons. The SMILES string of the molecule is Cc1ccccc1CC(=O)O[C@H](C(=O)NC1CC1)c1ccccc1. The predicted molar refractivity (Wildman–Crippen MR) is 91.3 cm³/mol. The number of carbonyl (C=O) groups excluding carboxylic acids is 2. The highest BCUT2D eigenvalue weighted by Crippen LogP contribution is 2.23. The third kappa shape index (κ3) is 4.22. The number of esters is 1. The summed E-state index contributed by atoms with van der Waals surface area (Å²) in [6.07, 6.45) is 1.24. The number of amides is 1. The molecule has 1 atom stereocenters. The lowest BCUT2D eigenvalue weighted by molar-refractivity contribution is -0.156. The summed E-state index contributed by atoms with van der Waals surface area (Å²) in [4.78, 5) is 24.8. The highest BCUT2D eigenvalue weighted by Gasteiger charge is 2.30. The van der Waals surface area contributed by atoms with Crippen molar-refractivity contribution in [3.63, 3.8) is 0 Å². The Labute approximate surface area is 141 Å². The van der Waals surface area contributed by atoms with E-state index in [9.17, 15) is 9.59 Å². The fraction of sp³-hybridized carbons (Fsp3) is 0.300. The first-order chi connectivity index (χ1) is 11.6. The Bertz CT molecular complexity index is 723. The van der Waals surface area contributed by atoms with E-state index in [2.05, 4.69) is 5.32 Å². The first kappa shape index (κ1) is 16.2. The standard InChI is InChI=1S/C20H21NO3/c1-14-7-5-6-10-16(14)13-18(22)24-19(15-8-3-2-4-9-15)20(23)21-17-11-12-17/h2-10,17,19H,11-13H2,1H3,(H,21,23)/t19-/m0/s1. The van der Waals surface area contributed by atoms with Crippen LogP contribution >= 0.6 is 0 Å². The van der Waals surface area contributed by atoms with E-state index in [1.54, 1.807) is 12.1 Å². The van der Waals surface area contributed by atoms with Gasteiger partial charge in [-0.05, 0) is 30.9 Å². The number of nitrogens with one attached hydrogen (secondary N) is 1. The first-order valence-corrected chi connectivity index (χ1v) is 8.23. The van der Waals surface area contributed by atoms with E-state index in [-0.39, 0.29) is 18.4 Å². The molecule has 2 aromatic rings. The van der Waals surface area contributed by atoms with Crippen molar-refractivity contribution in [2.24, 2.45) is 0 Å². The van der Waals surface area contributed by atoms with Gasteiger partial charge in [0.25, 0.3) is 5.91 Å². The van der Waals surface area contributed by atoms with Crippen LogP contribution in [-0.2, 0) is 20.7 Å². The molecule has 1 aliphatic carbocycles. The van der Waals surface area contributed by atoms with Crippen LogP contribution < -0.4 is 5.32 Å². The molecule has 4 heteroatoms. The van der Waals surface area contributed by atoms with Crippen molar-refractivity contribution < 1.29 is 14.3 Å². The van der Waals surface area contributed by atoms with Crippen LogP contribution in [0.3, 0.4) is 0 Å². The van der Waals surface area contributed by atoms with Gasteiger partial charge in [-0.3, -0.25) is 9.59 Å². The Morgan fingerprint density at radius 3 is 2.42 bits per heavy atom. The Morgan fingerprint density at radius 1 is 1.08 bits per heavy atom. The number of aryl methyl sites for hydroxylation is 1. The molecule has 24 heavy (non-hydrogen) atoms. The number of hydrogen-bond donors (Lipinski definition) is 1. The molecule has 2 aromatic carbocycles. The summed E-state index contributed by atoms with van der Waals surface area (Å²) >= 11 is 0. The van der Waals surface area contributed by atoms with Gasteiger partial charge in [0.2, 0.25) is 6.10 Å². The molecule has 1 amide bonds. The lowest BCUT2D eigenvalue weighted by atomic mass is 10.1. The quantitative estimate of drug-likeness (QED) is 0.831. The molecule has 3 rings (SSSR count). The van der Waals surface area contributed by atoms with E-state index in [1.807, 2.05) is 49.4 Å². The van der Waals surface area contributed by atoms with Gasteiger partial charge in [0.15, 0.2) is 0 Å². The zero-order chi connectivity index (χ0) is 16.9. The zero-order valence-electron chi connectivity index (χ0n) is 13.7. The lowest BCUT2D eigenvalue weighted by Gasteiger charge is -2.18. The van der Waals surface area contributed by atoms with Gasteiger partial charge >= 0.3 is 5.97 Å². The van der Waals surface area contributed by atoms with Crippen molar-refractivity contribution in [3.05, 3.63) is 71.3 Å². The molecule has 1 saturated carbocycles. The summed E-state index contributed by atoms with van der Waals surface area (Å²) in [5.41, 5.74) is 2.64. The lowest BCUT2D eigenvalue weighted by Crippen LogP contribution is -2.33. The minimum absolute atomic E-state index is 0.159. The van der Waals surface area contributed by atoms with Crippen LogP contribution in [-0.4, -0.2) is 17.9 Å². The Hall–Kier alpha value is -2.62. The van der Waals surface area contributed by atoms with Crippen molar-refractivity contribution >= 4 is 11.9 Å². The van der Waals surface area contributed by atoms with E-state index in [0.29, 0.717) is 5.56 Å². The second-order valence-corrected chi connectivity index (χ2v) is 6.17. The van der Waals surface area contributed by atoms with Crippen molar-refractivity contribution in [1.29, 1.82) is 0 Å². The van der Waals surface area contributed by atoms with E-state index >= 15 is 0 Å². The maximum Gasteiger partial charge on any atom is 0.311 e. The number of benzene rings is 2. The molecule has 1 N–H and O–H groups in total. The Balaban J connectivity index is 1.72. The van der Waals surface area contributed by atoms with Gasteiger partial charge in [0.05, 0.1) is 6.42 Å². The highest BCUT2D eigenvalue weighted by molar-refractivity contribution is 5.86. The average Bonchev–Trinajstić information content (AvgIpc) is 3.39. The van der Waals surface area contributed by atoms with Gasteiger partial charge in [-0.15, -0.1) is 0 Å². The number of carbonyl (C=O) groups is 2. The smallest absolute Gasteiger partial charge is 0.311 e. The molecule has 0 unspecified atom stereocenters. The molecular weight excluding hydrogens is 302 g/mol. The maximum atomic E-state index is 12.5. The molecule has 0 spiro atoms. The van der Waals surface area contributed by atoms with Crippen LogP contribution in [0.4, 0.5) is 0 Å². The summed E-state index contributed by atoms with van der Waals surface area (Å²) in [5, 5.41) is 2.92. The summed E-state index contributed by atoms with van der Waals surface area (Å²) < 4.78 is 5.53. The van der Waals surface area contributed by atoms with Crippen molar-refractivity contribution in [3.8, 4) is 0 Å². The molecular formula is C20H21NO3. The summed E-state index contributed by atoms with van der Waals surface area (Å²) in [5.74, 6) is -0.647. The minimum Gasteiger partial charge on any atom is -0.447 e. The average molecular weight is 323 g/mol. The van der Waals surface area contributed by atoms with E-state index < -0.39 is 12.1 Å². The summed E-state index contributed by atoms with van der Waals surface area (Å²) in [7, 11) is 0. The minimum atomic E-state index is -0.900. The van der Waals surface area contributed by atoms with Crippen molar-refractivity contribution in [1.82, 2.24) is 5.32 Å². The summed E-state index contributed by atoms with van der Waals surface area (Å²) in [6.45, 7) is 1.96. The maximum absolute atomic E-state index is 12.5. The van der Waals surface area contributed by atoms with Crippen molar-refractivity contribution in [2.45, 2.75) is 38.3 Å². The van der Waals surface area contributed by atoms with E-state index in [4.69, 9.17) is 4.74 Å². The van der Waals surface area contributed by atoms with Crippen LogP contribution in [0.5, 0.6) is 0 Å². The second-order valence-electron chi connectivity index (χ2n) is 6.17. The number of rotatable bonds is 6. The van der Waals surface area contributed by atoms with E-state index in [0.717, 1.165) is 24.0 Å². The highest BCUT2D eigenvalue weighted by atomic mass is 16.5. The fourth-order valence-corrected chi connectivity index (χ4v) is 2.54. The molecule has 0 bridgehead atoms. The first-order valence-electron chi connectivity index (χ1n) is 8.23. The molecule has 1 aliphatic rings. The molecule has 0 radical (unpaired) electrons. The molecule has 0 aromatic heterocycles. The second kappa shape index (κ2) is 7.30. The summed E-state index contributed by atoms with van der Waals surface area (Å²) in [6, 6.07) is 17.0. The largest absolute Gasteiger partial charge is 0.447 e. The number of hydrogen-bond acceptors (Lipinski definition) is 3. The fourth-order valence-electron chi connectivity index (χ4n) is 2.54. The van der Waals surface area contributed by atoms with Gasteiger partial charge in [0.1, 0.15) is 0 Å². The van der Waals surface area contributed by atoms with Crippen LogP contribution in [0.1, 0.15) is 35.6 Å². The van der Waals surface area contributed by atoms with Gasteiger partial charge in [0, 0.05) is 11.6 Å². The Morgan fingerprint density at radius 2 is 1.75 bits per heavy atom. The molecule has 0 aliphatic heterocycles. The topological polar surface area (TPSA) is 55.4 Å². The van der Waals surface area contributed by atoms with E-state index in [1.165, 1.54) is 0 Å². The van der Waals surface area contributed by atoms with Gasteiger partial charge < -0.3 is 10.1 Å². The molecule has 0 saturated heterocycles. The van der Waals surface area contributed by atoms with Crippen LogP contribution in [0.15, 0.2) is 54.6 Å². The van der Waals surface area contributed by atoms with Crippen LogP contribution in [0, 0.1) is 6.92 Å². The normalized spacial score (nSPS) is 14.7. The van der Waals surface area contributed by atoms with Crippen LogP contribution in [0.2, 0.25) is 0 Å². The Kier molecular flexibility index (Phi) is 4.94. The van der Waals surface area contributed by atoms with Gasteiger partial charge in [-0.2, -0.15) is 0 Å². The van der Waals surface area contributed by atoms with Crippen LogP contribution in [0.25, 0.3) is 0 Å². The molecule has 1 fully saturated rings. The molecule has 4 nitrogen and oxygen atoms in total. The zero-order valence-corrected chi connectivity index (χ0v) is 13.7. The van der Waals surface area contributed by atoms with Crippen molar-refractivity contribution in [2.75, 3.05) is 0 Å². The third-order valence-electron chi connectivity index (χ3n) is 4.11. The monoisotopic (exact) mass is 323 g/mol. The van der Waals surface area contributed by atoms with Gasteiger partial charge in [-0.25, -0.2) is 0 Å². The number of ether oxygens (including phenoxy) is 1. The molecule has 0 heterocycles. The third-order valence-corrected chi connectivity index (χ3v) is 4.11.